The molecule has 4 nitrogen and oxygen atoms in total. The first-order chi connectivity index (χ1) is 16.1. The number of benzene rings is 3. The molecule has 1 N–H and O–H groups in total. The highest BCUT2D eigenvalue weighted by atomic mass is 35.5. The number of carbonyl (C=O) groups is 2. The number of carbonyl (C=O) groups excluding carboxylic acids is 2. The summed E-state index contributed by atoms with van der Waals surface area (Å²) in [5.74, 6) is -0.964. The summed E-state index contributed by atoms with van der Waals surface area (Å²) in [4.78, 5) is 28.6. The molecule has 0 saturated heterocycles. The lowest BCUT2D eigenvalue weighted by molar-refractivity contribution is -0.141. The summed E-state index contributed by atoms with van der Waals surface area (Å²) in [5.41, 5.74) is 1.54. The Kier molecular flexibility index (Phi) is 8.46. The van der Waals surface area contributed by atoms with Crippen LogP contribution in [-0.4, -0.2) is 28.3 Å². The zero-order valence-electron chi connectivity index (χ0n) is 19.7. The van der Waals surface area contributed by atoms with Crippen molar-refractivity contribution in [3.63, 3.8) is 0 Å². The minimum absolute atomic E-state index is 0.0197. The predicted octanol–water partition coefficient (Wildman–Crippen LogP) is 5.58. The van der Waals surface area contributed by atoms with E-state index in [4.69, 9.17) is 11.6 Å². The summed E-state index contributed by atoms with van der Waals surface area (Å²) in [6, 6.07) is 22.0. The lowest BCUT2D eigenvalue weighted by Gasteiger charge is -2.34. The van der Waals surface area contributed by atoms with E-state index in [1.807, 2.05) is 51.1 Å². The van der Waals surface area contributed by atoms with Crippen LogP contribution in [0.2, 0.25) is 5.02 Å². The molecule has 3 aromatic rings. The van der Waals surface area contributed by atoms with Crippen LogP contribution in [0.15, 0.2) is 78.9 Å². The molecule has 0 aromatic heterocycles. The van der Waals surface area contributed by atoms with Crippen LogP contribution in [0.4, 0.5) is 4.39 Å². The molecule has 0 fully saturated rings. The second-order valence-corrected chi connectivity index (χ2v) is 9.80. The van der Waals surface area contributed by atoms with Gasteiger partial charge in [0.2, 0.25) is 11.8 Å². The van der Waals surface area contributed by atoms with Crippen LogP contribution >= 0.6 is 11.6 Å². The summed E-state index contributed by atoms with van der Waals surface area (Å²) in [7, 11) is 0. The van der Waals surface area contributed by atoms with Gasteiger partial charge < -0.3 is 10.2 Å². The zero-order valence-corrected chi connectivity index (χ0v) is 20.5. The molecule has 0 aliphatic heterocycles. The van der Waals surface area contributed by atoms with Crippen LogP contribution in [-0.2, 0) is 29.0 Å². The van der Waals surface area contributed by atoms with E-state index < -0.39 is 17.4 Å². The molecule has 178 valence electrons. The van der Waals surface area contributed by atoms with E-state index in [2.05, 4.69) is 5.32 Å². The van der Waals surface area contributed by atoms with Gasteiger partial charge in [0.1, 0.15) is 11.9 Å². The molecule has 3 rings (SSSR count). The first kappa shape index (κ1) is 25.4. The Labute approximate surface area is 205 Å². The van der Waals surface area contributed by atoms with Gasteiger partial charge in [-0.2, -0.15) is 0 Å². The van der Waals surface area contributed by atoms with Crippen LogP contribution in [0.3, 0.4) is 0 Å². The maximum atomic E-state index is 14.6. The molecule has 2 amide bonds. The topological polar surface area (TPSA) is 49.4 Å². The average molecular weight is 481 g/mol. The van der Waals surface area contributed by atoms with Crippen LogP contribution in [0.5, 0.6) is 0 Å². The van der Waals surface area contributed by atoms with E-state index in [1.54, 1.807) is 42.5 Å². The zero-order chi connectivity index (χ0) is 24.7. The van der Waals surface area contributed by atoms with Gasteiger partial charge in [-0.25, -0.2) is 4.39 Å². The molecule has 1 unspecified atom stereocenters. The molecule has 0 aliphatic carbocycles. The molecular formula is C28H30ClFN2O2. The highest BCUT2D eigenvalue weighted by Crippen LogP contribution is 2.19. The van der Waals surface area contributed by atoms with Gasteiger partial charge in [0.05, 0.1) is 6.42 Å². The summed E-state index contributed by atoms with van der Waals surface area (Å²) in [6.45, 7) is 5.65. The van der Waals surface area contributed by atoms with Crippen LogP contribution in [0.25, 0.3) is 0 Å². The summed E-state index contributed by atoms with van der Waals surface area (Å²) >= 11 is 5.99. The Morgan fingerprint density at radius 1 is 0.912 bits per heavy atom. The van der Waals surface area contributed by atoms with Gasteiger partial charge >= 0.3 is 0 Å². The van der Waals surface area contributed by atoms with E-state index in [9.17, 15) is 14.0 Å². The van der Waals surface area contributed by atoms with Crippen LogP contribution in [0.1, 0.15) is 37.5 Å². The average Bonchev–Trinajstić information content (AvgIpc) is 2.78. The molecule has 1 atom stereocenters. The maximum absolute atomic E-state index is 14.6. The first-order valence-electron chi connectivity index (χ1n) is 11.3. The van der Waals surface area contributed by atoms with Crippen molar-refractivity contribution in [1.82, 2.24) is 10.2 Å². The lowest BCUT2D eigenvalue weighted by atomic mass is 9.99. The van der Waals surface area contributed by atoms with E-state index in [1.165, 1.54) is 11.0 Å². The van der Waals surface area contributed by atoms with Crippen molar-refractivity contribution in [2.24, 2.45) is 0 Å². The minimum atomic E-state index is -0.818. The molecular weight excluding hydrogens is 451 g/mol. The third-order valence-corrected chi connectivity index (χ3v) is 5.59. The molecule has 3 aromatic carbocycles. The molecule has 0 aliphatic rings. The van der Waals surface area contributed by atoms with Gasteiger partial charge in [-0.3, -0.25) is 9.59 Å². The van der Waals surface area contributed by atoms with Crippen LogP contribution < -0.4 is 5.32 Å². The van der Waals surface area contributed by atoms with Crippen molar-refractivity contribution in [1.29, 1.82) is 0 Å². The van der Waals surface area contributed by atoms with Gasteiger partial charge in [0, 0.05) is 29.1 Å². The van der Waals surface area contributed by atoms with Gasteiger partial charge in [0.25, 0.3) is 0 Å². The maximum Gasteiger partial charge on any atom is 0.243 e. The van der Waals surface area contributed by atoms with Gasteiger partial charge in [0.15, 0.2) is 0 Å². The fourth-order valence-electron chi connectivity index (χ4n) is 3.70. The second-order valence-electron chi connectivity index (χ2n) is 9.36. The first-order valence-corrected chi connectivity index (χ1v) is 11.6. The van der Waals surface area contributed by atoms with E-state index in [0.29, 0.717) is 17.0 Å². The third kappa shape index (κ3) is 7.42. The van der Waals surface area contributed by atoms with Crippen molar-refractivity contribution in [2.75, 3.05) is 0 Å². The molecule has 0 spiro atoms. The number of amides is 2. The molecule has 6 heteroatoms. The number of nitrogens with zero attached hydrogens (tertiary/aromatic N) is 1. The SMILES string of the molecule is CC(C)(C)NC(=O)C(Cc1ccccc1)N(Cc1ccccc1F)C(=O)Cc1ccc(Cl)cc1. The second kappa shape index (κ2) is 11.3. The van der Waals surface area contributed by atoms with Crippen molar-refractivity contribution in [3.8, 4) is 0 Å². The van der Waals surface area contributed by atoms with E-state index >= 15 is 0 Å². The highest BCUT2D eigenvalue weighted by Gasteiger charge is 2.32. The summed E-state index contributed by atoms with van der Waals surface area (Å²) in [6.07, 6.45) is 0.378. The van der Waals surface area contributed by atoms with Gasteiger partial charge in [-0.1, -0.05) is 72.3 Å². The monoisotopic (exact) mass is 480 g/mol. The van der Waals surface area contributed by atoms with E-state index in [0.717, 1.165) is 11.1 Å². The Morgan fingerprint density at radius 2 is 1.53 bits per heavy atom. The third-order valence-electron chi connectivity index (χ3n) is 5.34. The Hall–Kier alpha value is -3.18. The smallest absolute Gasteiger partial charge is 0.243 e. The molecule has 34 heavy (non-hydrogen) atoms. The van der Waals surface area contributed by atoms with Crippen molar-refractivity contribution < 1.29 is 14.0 Å². The molecule has 0 bridgehead atoms. The quantitative estimate of drug-likeness (QED) is 0.457. The lowest BCUT2D eigenvalue weighted by Crippen LogP contribution is -2.54. The van der Waals surface area contributed by atoms with Crippen molar-refractivity contribution >= 4 is 23.4 Å². The van der Waals surface area contributed by atoms with Gasteiger partial charge in [-0.15, -0.1) is 0 Å². The number of hydrogen-bond donors (Lipinski definition) is 1. The van der Waals surface area contributed by atoms with Gasteiger partial charge in [-0.05, 0) is 50.1 Å². The fraction of sp³-hybridized carbons (Fsp3) is 0.286. The summed E-state index contributed by atoms with van der Waals surface area (Å²) < 4.78 is 14.6. The van der Waals surface area contributed by atoms with Crippen LogP contribution in [0, 0.1) is 5.82 Å². The molecule has 0 saturated carbocycles. The van der Waals surface area contributed by atoms with Crippen molar-refractivity contribution in [3.05, 3.63) is 106 Å². The standard InChI is InChI=1S/C28H30ClFN2O2/c1-28(2,3)31-27(34)25(17-20-9-5-4-6-10-20)32(19-22-11-7-8-12-24(22)30)26(33)18-21-13-15-23(29)16-14-21/h4-16,25H,17-19H2,1-3H3,(H,31,34). The molecule has 0 radical (unpaired) electrons. The Morgan fingerprint density at radius 3 is 2.15 bits per heavy atom. The minimum Gasteiger partial charge on any atom is -0.350 e. The fourth-order valence-corrected chi connectivity index (χ4v) is 3.82. The number of halogens is 2. The number of hydrogen-bond acceptors (Lipinski definition) is 2. The summed E-state index contributed by atoms with van der Waals surface area (Å²) in [5, 5.41) is 3.58. The Bertz CT molecular complexity index is 1110. The number of nitrogens with one attached hydrogen (secondary N) is 1. The normalized spacial score (nSPS) is 12.1. The predicted molar refractivity (Wildman–Crippen MR) is 134 cm³/mol. The van der Waals surface area contributed by atoms with E-state index in [-0.39, 0.29) is 24.8 Å². The largest absolute Gasteiger partial charge is 0.350 e. The highest BCUT2D eigenvalue weighted by molar-refractivity contribution is 6.30. The molecule has 0 heterocycles. The van der Waals surface area contributed by atoms with Crippen molar-refractivity contribution in [2.45, 2.75) is 51.7 Å². The number of rotatable bonds is 8. The Balaban J connectivity index is 1.99.